The van der Waals surface area contributed by atoms with Crippen molar-refractivity contribution in [3.63, 3.8) is 0 Å². The third-order valence-corrected chi connectivity index (χ3v) is 5.33. The predicted molar refractivity (Wildman–Crippen MR) is 111 cm³/mol. The maximum atomic E-state index is 12.4. The number of ether oxygens (including phenoxy) is 1. The van der Waals surface area contributed by atoms with Crippen molar-refractivity contribution >= 4 is 28.3 Å². The van der Waals surface area contributed by atoms with Crippen LogP contribution < -0.4 is 22.5 Å². The quantitative estimate of drug-likeness (QED) is 0.305. The molecule has 168 valence electrons. The van der Waals surface area contributed by atoms with E-state index in [1.54, 1.807) is 0 Å². The SMILES string of the molecule is Cn1c(=O)c2c(ncn2CCOC(=O)Cn2cnc3c2c(=O)n(C)c(=O)n3C)n(C)c1=O. The standard InChI is InChI=1S/C18H20N8O6/c1-21-13-11(15(28)23(3)17(21)30)25(8-19-13)5-6-32-10(27)7-26-9-20-14-12(26)16(29)24(4)18(31)22(14)2/h8-9H,5-7H2,1-4H3. The molecule has 4 aromatic heterocycles. The molecular formula is C18H20N8O6. The summed E-state index contributed by atoms with van der Waals surface area (Å²) in [6, 6.07) is 0. The summed E-state index contributed by atoms with van der Waals surface area (Å²) in [5, 5.41) is 0. The number of carbonyl (C=O) groups is 1. The molecule has 14 nitrogen and oxygen atoms in total. The topological polar surface area (TPSA) is 150 Å². The van der Waals surface area contributed by atoms with Crippen molar-refractivity contribution in [3.05, 3.63) is 54.3 Å². The van der Waals surface area contributed by atoms with Gasteiger partial charge in [0.15, 0.2) is 22.3 Å². The number of hydrogen-bond acceptors (Lipinski definition) is 8. The van der Waals surface area contributed by atoms with Crippen molar-refractivity contribution in [1.82, 2.24) is 37.4 Å². The van der Waals surface area contributed by atoms with Gasteiger partial charge in [-0.3, -0.25) is 32.7 Å². The van der Waals surface area contributed by atoms with Crippen molar-refractivity contribution in [2.75, 3.05) is 6.61 Å². The van der Waals surface area contributed by atoms with Crippen molar-refractivity contribution in [1.29, 1.82) is 0 Å². The van der Waals surface area contributed by atoms with E-state index in [0.29, 0.717) is 0 Å². The third kappa shape index (κ3) is 3.07. The molecule has 32 heavy (non-hydrogen) atoms. The van der Waals surface area contributed by atoms with Gasteiger partial charge in [0, 0.05) is 28.2 Å². The van der Waals surface area contributed by atoms with E-state index in [1.807, 2.05) is 0 Å². The molecule has 4 heterocycles. The lowest BCUT2D eigenvalue weighted by atomic mass is 10.4. The van der Waals surface area contributed by atoms with Gasteiger partial charge in [-0.25, -0.2) is 19.6 Å². The summed E-state index contributed by atoms with van der Waals surface area (Å²) < 4.78 is 12.5. The molecular weight excluding hydrogens is 424 g/mol. The van der Waals surface area contributed by atoms with E-state index in [1.165, 1.54) is 59.1 Å². The van der Waals surface area contributed by atoms with Gasteiger partial charge < -0.3 is 13.9 Å². The molecule has 14 heteroatoms. The van der Waals surface area contributed by atoms with E-state index in [4.69, 9.17) is 4.74 Å². The molecule has 4 rings (SSSR count). The zero-order valence-corrected chi connectivity index (χ0v) is 17.8. The Morgan fingerprint density at radius 3 is 1.78 bits per heavy atom. The Morgan fingerprint density at radius 2 is 1.25 bits per heavy atom. The van der Waals surface area contributed by atoms with Gasteiger partial charge in [0.1, 0.15) is 13.2 Å². The van der Waals surface area contributed by atoms with Crippen molar-refractivity contribution in [2.45, 2.75) is 13.1 Å². The van der Waals surface area contributed by atoms with E-state index in [9.17, 15) is 24.0 Å². The Bertz CT molecular complexity index is 1630. The number of rotatable bonds is 5. The second kappa shape index (κ2) is 7.47. The van der Waals surface area contributed by atoms with Crippen molar-refractivity contribution < 1.29 is 9.53 Å². The molecule has 0 radical (unpaired) electrons. The highest BCUT2D eigenvalue weighted by molar-refractivity contribution is 5.75. The molecule has 0 aliphatic heterocycles. The largest absolute Gasteiger partial charge is 0.462 e. The van der Waals surface area contributed by atoms with Crippen LogP contribution in [-0.4, -0.2) is 49.9 Å². The molecule has 0 atom stereocenters. The summed E-state index contributed by atoms with van der Waals surface area (Å²) in [5.74, 6) is -0.634. The Morgan fingerprint density at radius 1 is 0.781 bits per heavy atom. The smallest absolute Gasteiger partial charge is 0.332 e. The number of nitrogens with zero attached hydrogens (tertiary/aromatic N) is 8. The maximum Gasteiger partial charge on any atom is 0.332 e. The van der Waals surface area contributed by atoms with Gasteiger partial charge in [-0.15, -0.1) is 0 Å². The molecule has 0 fully saturated rings. The zero-order chi connectivity index (χ0) is 23.3. The highest BCUT2D eigenvalue weighted by atomic mass is 16.5. The van der Waals surface area contributed by atoms with Crippen LogP contribution >= 0.6 is 0 Å². The maximum absolute atomic E-state index is 12.4. The normalized spacial score (nSPS) is 11.5. The minimum absolute atomic E-state index is 0.0700. The second-order valence-corrected chi connectivity index (χ2v) is 7.29. The summed E-state index contributed by atoms with van der Waals surface area (Å²) >= 11 is 0. The van der Waals surface area contributed by atoms with Crippen LogP contribution in [0.25, 0.3) is 22.3 Å². The summed E-state index contributed by atoms with van der Waals surface area (Å²) in [4.78, 5) is 69.4. The van der Waals surface area contributed by atoms with Crippen molar-refractivity contribution in [3.8, 4) is 0 Å². The molecule has 0 aromatic carbocycles. The molecule has 0 saturated heterocycles. The predicted octanol–water partition coefficient (Wildman–Crippen LogP) is -2.58. The lowest BCUT2D eigenvalue weighted by molar-refractivity contribution is -0.144. The first-order chi connectivity index (χ1) is 15.1. The number of aromatic nitrogens is 8. The molecule has 4 aromatic rings. The van der Waals surface area contributed by atoms with Crippen LogP contribution in [0.15, 0.2) is 31.8 Å². The van der Waals surface area contributed by atoms with E-state index >= 15 is 0 Å². The number of aryl methyl sites for hydroxylation is 2. The second-order valence-electron chi connectivity index (χ2n) is 7.29. The van der Waals surface area contributed by atoms with Crippen LogP contribution in [-0.2, 0) is 50.8 Å². The van der Waals surface area contributed by atoms with E-state index in [-0.39, 0.29) is 42.0 Å². The molecule has 0 aliphatic rings. The summed E-state index contributed by atoms with van der Waals surface area (Å²) in [6.07, 6.45) is 2.69. The van der Waals surface area contributed by atoms with E-state index in [0.717, 1.165) is 9.13 Å². The Kier molecular flexibility index (Phi) is 4.91. The average Bonchev–Trinajstić information content (AvgIpc) is 3.38. The van der Waals surface area contributed by atoms with Crippen LogP contribution in [0.3, 0.4) is 0 Å². The first-order valence-electron chi connectivity index (χ1n) is 9.50. The van der Waals surface area contributed by atoms with Gasteiger partial charge in [0.25, 0.3) is 11.1 Å². The van der Waals surface area contributed by atoms with Gasteiger partial charge in [0.2, 0.25) is 0 Å². The van der Waals surface area contributed by atoms with Crippen LogP contribution in [0.2, 0.25) is 0 Å². The Labute approximate surface area is 178 Å². The monoisotopic (exact) mass is 444 g/mol. The summed E-state index contributed by atoms with van der Waals surface area (Å²) in [7, 11) is 5.71. The van der Waals surface area contributed by atoms with Crippen LogP contribution in [0.5, 0.6) is 0 Å². The first-order valence-corrected chi connectivity index (χ1v) is 9.50. The Balaban J connectivity index is 1.52. The lowest BCUT2D eigenvalue weighted by Gasteiger charge is -2.09. The van der Waals surface area contributed by atoms with Gasteiger partial charge in [-0.1, -0.05) is 0 Å². The molecule has 0 aliphatic carbocycles. The molecule has 0 saturated carbocycles. The number of imidazole rings is 2. The minimum Gasteiger partial charge on any atom is -0.462 e. The number of carbonyl (C=O) groups excluding carboxylic acids is 1. The van der Waals surface area contributed by atoms with E-state index in [2.05, 4.69) is 9.97 Å². The number of hydrogen-bond donors (Lipinski definition) is 0. The number of fused-ring (bicyclic) bond motifs is 2. The fraction of sp³-hybridized carbons (Fsp3) is 0.389. The summed E-state index contributed by atoms with van der Waals surface area (Å²) in [5.41, 5.74) is -1.36. The number of esters is 1. The molecule has 0 amide bonds. The minimum atomic E-state index is -0.634. The van der Waals surface area contributed by atoms with Crippen LogP contribution in [0, 0.1) is 0 Å². The van der Waals surface area contributed by atoms with Gasteiger partial charge in [-0.2, -0.15) is 0 Å². The molecule has 0 unspecified atom stereocenters. The molecule has 0 spiro atoms. The molecule has 0 N–H and O–H groups in total. The average molecular weight is 444 g/mol. The van der Waals surface area contributed by atoms with Gasteiger partial charge in [-0.05, 0) is 0 Å². The first kappa shape index (κ1) is 21.0. The highest BCUT2D eigenvalue weighted by Crippen LogP contribution is 2.07. The van der Waals surface area contributed by atoms with Crippen LogP contribution in [0.4, 0.5) is 0 Å². The fourth-order valence-corrected chi connectivity index (χ4v) is 3.53. The van der Waals surface area contributed by atoms with Gasteiger partial charge >= 0.3 is 17.3 Å². The summed E-state index contributed by atoms with van der Waals surface area (Å²) in [6.45, 7) is -0.221. The third-order valence-electron chi connectivity index (χ3n) is 5.33. The lowest BCUT2D eigenvalue weighted by Crippen LogP contribution is -2.37. The van der Waals surface area contributed by atoms with Crippen molar-refractivity contribution in [2.24, 2.45) is 28.2 Å². The highest BCUT2D eigenvalue weighted by Gasteiger charge is 2.17. The fourth-order valence-electron chi connectivity index (χ4n) is 3.53. The Hall–Kier alpha value is -4.23. The van der Waals surface area contributed by atoms with Crippen LogP contribution in [0.1, 0.15) is 0 Å². The molecule has 0 bridgehead atoms. The van der Waals surface area contributed by atoms with Gasteiger partial charge in [0.05, 0.1) is 19.2 Å². The van der Waals surface area contributed by atoms with E-state index < -0.39 is 28.5 Å². The zero-order valence-electron chi connectivity index (χ0n) is 17.8.